The van der Waals surface area contributed by atoms with Crippen LogP contribution < -0.4 is 10.5 Å². The number of aryl methyl sites for hydroxylation is 2. The first-order chi connectivity index (χ1) is 8.61. The van der Waals surface area contributed by atoms with E-state index in [9.17, 15) is 0 Å². The lowest BCUT2D eigenvalue weighted by Crippen LogP contribution is -1.97. The van der Waals surface area contributed by atoms with Gasteiger partial charge in [0.05, 0.1) is 5.69 Å². The second-order valence-electron chi connectivity index (χ2n) is 4.06. The number of nitrogens with two attached hydrogens (primary N) is 1. The Morgan fingerprint density at radius 2 is 2.11 bits per heavy atom. The Morgan fingerprint density at radius 3 is 2.83 bits per heavy atom. The number of ether oxygens (including phenoxy) is 1. The van der Waals surface area contributed by atoms with Gasteiger partial charge >= 0.3 is 0 Å². The van der Waals surface area contributed by atoms with Gasteiger partial charge in [0.25, 0.3) is 0 Å². The largest absolute Gasteiger partial charge is 0.437 e. The summed E-state index contributed by atoms with van der Waals surface area (Å²) in [6.07, 6.45) is 2.53. The van der Waals surface area contributed by atoms with Crippen molar-refractivity contribution in [3.05, 3.63) is 46.6 Å². The van der Waals surface area contributed by atoms with Crippen molar-refractivity contribution in [2.45, 2.75) is 20.3 Å². The zero-order valence-corrected chi connectivity index (χ0v) is 11.2. The Hall–Kier alpha value is -1.74. The molecule has 1 aromatic carbocycles. The minimum Gasteiger partial charge on any atom is -0.437 e. The lowest BCUT2D eigenvalue weighted by Gasteiger charge is -2.10. The van der Waals surface area contributed by atoms with E-state index >= 15 is 0 Å². The van der Waals surface area contributed by atoms with Crippen molar-refractivity contribution in [2.75, 3.05) is 5.73 Å². The van der Waals surface area contributed by atoms with E-state index in [1.165, 1.54) is 0 Å². The van der Waals surface area contributed by atoms with Gasteiger partial charge in [-0.2, -0.15) is 0 Å². The Bertz CT molecular complexity index is 570. The van der Waals surface area contributed by atoms with Crippen LogP contribution >= 0.6 is 11.6 Å². The van der Waals surface area contributed by atoms with Crippen LogP contribution in [0, 0.1) is 6.92 Å². The minimum atomic E-state index is 0.430. The summed E-state index contributed by atoms with van der Waals surface area (Å²) in [5.41, 5.74) is 8.47. The van der Waals surface area contributed by atoms with Gasteiger partial charge in [0.2, 0.25) is 5.88 Å². The molecule has 0 amide bonds. The van der Waals surface area contributed by atoms with Crippen LogP contribution in [0.5, 0.6) is 11.6 Å². The van der Waals surface area contributed by atoms with Crippen molar-refractivity contribution < 1.29 is 4.74 Å². The third-order valence-corrected chi connectivity index (χ3v) is 3.15. The van der Waals surface area contributed by atoms with Crippen molar-refractivity contribution in [1.82, 2.24) is 4.98 Å². The molecule has 0 radical (unpaired) electrons. The second kappa shape index (κ2) is 5.27. The molecule has 4 heteroatoms. The minimum absolute atomic E-state index is 0.430. The fourth-order valence-electron chi connectivity index (χ4n) is 1.62. The highest BCUT2D eigenvalue weighted by Crippen LogP contribution is 2.29. The van der Waals surface area contributed by atoms with Gasteiger partial charge in [-0.15, -0.1) is 0 Å². The van der Waals surface area contributed by atoms with E-state index in [0.717, 1.165) is 22.6 Å². The molecule has 0 saturated carbocycles. The molecule has 2 aromatic rings. The van der Waals surface area contributed by atoms with Gasteiger partial charge in [0.1, 0.15) is 5.75 Å². The molecule has 2 N–H and O–H groups in total. The monoisotopic (exact) mass is 262 g/mol. The van der Waals surface area contributed by atoms with Crippen molar-refractivity contribution in [2.24, 2.45) is 0 Å². The second-order valence-corrected chi connectivity index (χ2v) is 4.46. The first-order valence-electron chi connectivity index (χ1n) is 5.79. The van der Waals surface area contributed by atoms with Gasteiger partial charge in [0.15, 0.2) is 0 Å². The number of hydrogen-bond acceptors (Lipinski definition) is 3. The standard InChI is InChI=1S/C14H15ClN2O/c1-3-10-8-11(4-5-12(10)15)18-14-13(16)9(2)6-7-17-14/h4-8H,3,16H2,1-2H3. The zero-order chi connectivity index (χ0) is 13.1. The van der Waals surface area contributed by atoms with Gasteiger partial charge in [-0.1, -0.05) is 18.5 Å². The van der Waals surface area contributed by atoms with Crippen molar-refractivity contribution in [3.8, 4) is 11.6 Å². The Labute approximate surface area is 112 Å². The number of benzene rings is 1. The average molecular weight is 263 g/mol. The number of anilines is 1. The summed E-state index contributed by atoms with van der Waals surface area (Å²) >= 11 is 6.06. The van der Waals surface area contributed by atoms with E-state index in [0.29, 0.717) is 17.3 Å². The molecule has 18 heavy (non-hydrogen) atoms. The molecule has 0 spiro atoms. The lowest BCUT2D eigenvalue weighted by molar-refractivity contribution is 0.464. The van der Waals surface area contributed by atoms with Crippen molar-refractivity contribution >= 4 is 17.3 Å². The SMILES string of the molecule is CCc1cc(Oc2nccc(C)c2N)ccc1Cl. The van der Waals surface area contributed by atoms with E-state index in [1.807, 2.05) is 38.1 Å². The summed E-state index contributed by atoms with van der Waals surface area (Å²) in [6.45, 7) is 3.97. The normalized spacial score (nSPS) is 10.4. The third kappa shape index (κ3) is 2.57. The molecule has 1 heterocycles. The molecule has 0 aliphatic heterocycles. The Morgan fingerprint density at radius 1 is 1.33 bits per heavy atom. The number of rotatable bonds is 3. The third-order valence-electron chi connectivity index (χ3n) is 2.78. The number of pyridine rings is 1. The summed E-state index contributed by atoms with van der Waals surface area (Å²) in [5, 5.41) is 0.745. The Balaban J connectivity index is 2.31. The van der Waals surface area contributed by atoms with Gasteiger partial charge in [-0.3, -0.25) is 0 Å². The van der Waals surface area contributed by atoms with Crippen molar-refractivity contribution in [3.63, 3.8) is 0 Å². The number of nitrogens with zero attached hydrogens (tertiary/aromatic N) is 1. The topological polar surface area (TPSA) is 48.1 Å². The smallest absolute Gasteiger partial charge is 0.242 e. The van der Waals surface area contributed by atoms with E-state index in [-0.39, 0.29) is 0 Å². The molecular weight excluding hydrogens is 248 g/mol. The molecule has 0 saturated heterocycles. The maximum absolute atomic E-state index is 6.06. The lowest BCUT2D eigenvalue weighted by atomic mass is 10.1. The van der Waals surface area contributed by atoms with Crippen LogP contribution in [0.25, 0.3) is 0 Å². The highest BCUT2D eigenvalue weighted by molar-refractivity contribution is 6.31. The summed E-state index contributed by atoms with van der Waals surface area (Å²) in [6, 6.07) is 7.39. The number of nitrogen functional groups attached to an aromatic ring is 1. The van der Waals surface area contributed by atoms with Gasteiger partial charge in [-0.05, 0) is 48.7 Å². The highest BCUT2D eigenvalue weighted by atomic mass is 35.5. The molecular formula is C14H15ClN2O. The van der Waals surface area contributed by atoms with Crippen LogP contribution in [0.1, 0.15) is 18.1 Å². The molecule has 1 aromatic heterocycles. The van der Waals surface area contributed by atoms with E-state index in [1.54, 1.807) is 6.20 Å². The summed E-state index contributed by atoms with van der Waals surface area (Å²) < 4.78 is 5.69. The summed E-state index contributed by atoms with van der Waals surface area (Å²) in [7, 11) is 0. The first kappa shape index (κ1) is 12.7. The van der Waals surface area contributed by atoms with Gasteiger partial charge in [-0.25, -0.2) is 4.98 Å². The predicted molar refractivity (Wildman–Crippen MR) is 74.3 cm³/mol. The van der Waals surface area contributed by atoms with Crippen LogP contribution in [-0.4, -0.2) is 4.98 Å². The fraction of sp³-hybridized carbons (Fsp3) is 0.214. The van der Waals surface area contributed by atoms with E-state index < -0.39 is 0 Å². The van der Waals surface area contributed by atoms with Crippen LogP contribution in [-0.2, 0) is 6.42 Å². The molecule has 0 fully saturated rings. The van der Waals surface area contributed by atoms with Gasteiger partial charge in [0, 0.05) is 11.2 Å². The summed E-state index contributed by atoms with van der Waals surface area (Å²) in [5.74, 6) is 1.13. The van der Waals surface area contributed by atoms with Crippen LogP contribution in [0.2, 0.25) is 5.02 Å². The number of halogens is 1. The van der Waals surface area contributed by atoms with Crippen LogP contribution in [0.3, 0.4) is 0 Å². The van der Waals surface area contributed by atoms with Crippen LogP contribution in [0.15, 0.2) is 30.5 Å². The van der Waals surface area contributed by atoms with E-state index in [2.05, 4.69) is 4.98 Å². The van der Waals surface area contributed by atoms with Crippen LogP contribution in [0.4, 0.5) is 5.69 Å². The maximum Gasteiger partial charge on any atom is 0.242 e. The molecule has 2 rings (SSSR count). The number of hydrogen-bond donors (Lipinski definition) is 1. The van der Waals surface area contributed by atoms with Crippen molar-refractivity contribution in [1.29, 1.82) is 0 Å². The predicted octanol–water partition coefficient (Wildman–Crippen LogP) is 3.98. The zero-order valence-electron chi connectivity index (χ0n) is 10.4. The number of aromatic nitrogens is 1. The average Bonchev–Trinajstić information content (AvgIpc) is 2.37. The first-order valence-corrected chi connectivity index (χ1v) is 6.17. The maximum atomic E-state index is 6.06. The van der Waals surface area contributed by atoms with E-state index in [4.69, 9.17) is 22.1 Å². The quantitative estimate of drug-likeness (QED) is 0.910. The molecule has 0 bridgehead atoms. The molecule has 3 nitrogen and oxygen atoms in total. The summed E-state index contributed by atoms with van der Waals surface area (Å²) in [4.78, 5) is 4.13. The molecule has 0 aliphatic carbocycles. The highest BCUT2D eigenvalue weighted by Gasteiger charge is 2.07. The van der Waals surface area contributed by atoms with Gasteiger partial charge < -0.3 is 10.5 Å². The molecule has 0 unspecified atom stereocenters. The molecule has 94 valence electrons. The fourth-order valence-corrected chi connectivity index (χ4v) is 1.87. The Kier molecular flexibility index (Phi) is 3.72. The molecule has 0 atom stereocenters. The molecule has 0 aliphatic rings.